The molecule has 106 valence electrons. The van der Waals surface area contributed by atoms with Gasteiger partial charge in [-0.15, -0.1) is 0 Å². The molecule has 2 N–H and O–H groups in total. The highest BCUT2D eigenvalue weighted by atomic mass is 19.4. The molecule has 0 aliphatic rings. The zero-order valence-electron chi connectivity index (χ0n) is 10.3. The monoisotopic (exact) mass is 270 g/mol. The number of amides is 1. The van der Waals surface area contributed by atoms with E-state index in [9.17, 15) is 22.8 Å². The first-order chi connectivity index (χ1) is 8.17. The third-order valence-electron chi connectivity index (χ3n) is 2.35. The van der Waals surface area contributed by atoms with Crippen molar-refractivity contribution in [1.82, 2.24) is 10.2 Å². The molecule has 1 atom stereocenters. The Kier molecular flexibility index (Phi) is 6.67. The SMILES string of the molecule is CCC(C)N(CC(=O)O)C(=O)CNCC(F)(F)F. The van der Waals surface area contributed by atoms with Crippen LogP contribution in [-0.2, 0) is 9.59 Å². The summed E-state index contributed by atoms with van der Waals surface area (Å²) in [5, 5.41) is 10.6. The Balaban J connectivity index is 4.34. The highest BCUT2D eigenvalue weighted by molar-refractivity contribution is 5.83. The molecule has 0 fully saturated rings. The Labute approximate surface area is 103 Å². The maximum Gasteiger partial charge on any atom is 0.401 e. The summed E-state index contributed by atoms with van der Waals surface area (Å²) in [6.07, 6.45) is -3.87. The molecule has 18 heavy (non-hydrogen) atoms. The van der Waals surface area contributed by atoms with Crippen LogP contribution in [0.2, 0.25) is 0 Å². The first kappa shape index (κ1) is 16.7. The molecule has 1 unspecified atom stereocenters. The van der Waals surface area contributed by atoms with Gasteiger partial charge in [0.05, 0.1) is 13.1 Å². The first-order valence-electron chi connectivity index (χ1n) is 5.46. The summed E-state index contributed by atoms with van der Waals surface area (Å²) in [7, 11) is 0. The zero-order chi connectivity index (χ0) is 14.3. The fraction of sp³-hybridized carbons (Fsp3) is 0.800. The van der Waals surface area contributed by atoms with Crippen molar-refractivity contribution in [2.75, 3.05) is 19.6 Å². The summed E-state index contributed by atoms with van der Waals surface area (Å²) in [6.45, 7) is 1.08. The zero-order valence-corrected chi connectivity index (χ0v) is 10.3. The van der Waals surface area contributed by atoms with Gasteiger partial charge in [-0.1, -0.05) is 6.92 Å². The van der Waals surface area contributed by atoms with Crippen molar-refractivity contribution in [3.05, 3.63) is 0 Å². The number of nitrogens with one attached hydrogen (secondary N) is 1. The molecule has 0 rings (SSSR count). The van der Waals surface area contributed by atoms with Gasteiger partial charge < -0.3 is 15.3 Å². The van der Waals surface area contributed by atoms with Gasteiger partial charge >= 0.3 is 12.1 Å². The smallest absolute Gasteiger partial charge is 0.401 e. The normalized spacial score (nSPS) is 13.2. The van der Waals surface area contributed by atoms with Crippen LogP contribution in [0.3, 0.4) is 0 Å². The summed E-state index contributed by atoms with van der Waals surface area (Å²) in [5.74, 6) is -1.85. The van der Waals surface area contributed by atoms with E-state index in [1.807, 2.05) is 5.32 Å². The van der Waals surface area contributed by atoms with Crippen molar-refractivity contribution in [2.24, 2.45) is 0 Å². The molecule has 0 bridgehead atoms. The van der Waals surface area contributed by atoms with Crippen molar-refractivity contribution < 1.29 is 27.9 Å². The number of carbonyl (C=O) groups is 2. The summed E-state index contributed by atoms with van der Waals surface area (Å²) >= 11 is 0. The minimum absolute atomic E-state index is 0.332. The second kappa shape index (κ2) is 7.20. The molecule has 0 aromatic heterocycles. The van der Waals surface area contributed by atoms with Gasteiger partial charge in [-0.3, -0.25) is 9.59 Å². The molecule has 0 aromatic carbocycles. The number of nitrogens with zero attached hydrogens (tertiary/aromatic N) is 1. The van der Waals surface area contributed by atoms with Crippen LogP contribution in [0, 0.1) is 0 Å². The van der Waals surface area contributed by atoms with Crippen LogP contribution in [0.4, 0.5) is 13.2 Å². The summed E-state index contributed by atoms with van der Waals surface area (Å²) in [4.78, 5) is 23.2. The number of carboxylic acids is 1. The summed E-state index contributed by atoms with van der Waals surface area (Å²) in [5.41, 5.74) is 0. The molecule has 0 radical (unpaired) electrons. The Morgan fingerprint density at radius 2 is 1.94 bits per heavy atom. The van der Waals surface area contributed by atoms with Crippen LogP contribution in [-0.4, -0.2) is 53.7 Å². The predicted octanol–water partition coefficient (Wildman–Crippen LogP) is 0.850. The number of halogens is 3. The molecule has 0 heterocycles. The molecule has 0 aliphatic heterocycles. The molecule has 0 aliphatic carbocycles. The minimum atomic E-state index is -4.39. The summed E-state index contributed by atoms with van der Waals surface area (Å²) in [6, 6.07) is -0.332. The molecule has 0 spiro atoms. The van der Waals surface area contributed by atoms with Gasteiger partial charge in [-0.2, -0.15) is 13.2 Å². The van der Waals surface area contributed by atoms with E-state index < -0.39 is 37.7 Å². The van der Waals surface area contributed by atoms with Gasteiger partial charge in [0.2, 0.25) is 5.91 Å². The fourth-order valence-electron chi connectivity index (χ4n) is 1.27. The molecule has 0 saturated carbocycles. The predicted molar refractivity (Wildman–Crippen MR) is 58.0 cm³/mol. The highest BCUT2D eigenvalue weighted by Crippen LogP contribution is 2.12. The Bertz CT molecular complexity index is 295. The lowest BCUT2D eigenvalue weighted by Crippen LogP contribution is -2.46. The largest absolute Gasteiger partial charge is 0.480 e. The average Bonchev–Trinajstić information content (AvgIpc) is 2.22. The van der Waals surface area contributed by atoms with Crippen molar-refractivity contribution >= 4 is 11.9 Å². The highest BCUT2D eigenvalue weighted by Gasteiger charge is 2.28. The Morgan fingerprint density at radius 1 is 1.39 bits per heavy atom. The second-order valence-corrected chi connectivity index (χ2v) is 3.89. The number of hydrogen-bond acceptors (Lipinski definition) is 3. The third kappa shape index (κ3) is 7.10. The molecule has 1 amide bonds. The fourth-order valence-corrected chi connectivity index (χ4v) is 1.27. The third-order valence-corrected chi connectivity index (χ3v) is 2.35. The van der Waals surface area contributed by atoms with Gasteiger partial charge in [0.1, 0.15) is 6.54 Å². The standard InChI is InChI=1S/C10H17F3N2O3/c1-3-7(2)15(5-9(17)18)8(16)4-14-6-10(11,12)13/h7,14H,3-6H2,1-2H3,(H,17,18). The molecular formula is C10H17F3N2O3. The van der Waals surface area contributed by atoms with Crippen molar-refractivity contribution in [2.45, 2.75) is 32.5 Å². The number of carboxylic acid groups (broad SMARTS) is 1. The van der Waals surface area contributed by atoms with Crippen molar-refractivity contribution in [1.29, 1.82) is 0 Å². The molecule has 0 saturated heterocycles. The van der Waals surface area contributed by atoms with E-state index in [1.54, 1.807) is 13.8 Å². The van der Waals surface area contributed by atoms with Gasteiger partial charge in [0, 0.05) is 6.04 Å². The number of carbonyl (C=O) groups excluding carboxylic acids is 1. The number of aliphatic carboxylic acids is 1. The van der Waals surface area contributed by atoms with Crippen molar-refractivity contribution in [3.63, 3.8) is 0 Å². The van der Waals surface area contributed by atoms with E-state index in [0.29, 0.717) is 6.42 Å². The lowest BCUT2D eigenvalue weighted by atomic mass is 10.2. The second-order valence-electron chi connectivity index (χ2n) is 3.89. The van der Waals surface area contributed by atoms with Crippen LogP contribution < -0.4 is 5.32 Å². The van der Waals surface area contributed by atoms with Crippen LogP contribution >= 0.6 is 0 Å². The molecule has 5 nitrogen and oxygen atoms in total. The van der Waals surface area contributed by atoms with Crippen LogP contribution in [0.15, 0.2) is 0 Å². The molecular weight excluding hydrogens is 253 g/mol. The van der Waals surface area contributed by atoms with Crippen LogP contribution in [0.25, 0.3) is 0 Å². The van der Waals surface area contributed by atoms with Gasteiger partial charge in [0.15, 0.2) is 0 Å². The average molecular weight is 270 g/mol. The van der Waals surface area contributed by atoms with E-state index in [1.165, 1.54) is 0 Å². The summed E-state index contributed by atoms with van der Waals surface area (Å²) < 4.78 is 35.6. The lowest BCUT2D eigenvalue weighted by molar-refractivity contribution is -0.146. The van der Waals surface area contributed by atoms with Crippen molar-refractivity contribution in [3.8, 4) is 0 Å². The van der Waals surface area contributed by atoms with Crippen LogP contribution in [0.1, 0.15) is 20.3 Å². The molecule has 8 heteroatoms. The van der Waals surface area contributed by atoms with Crippen LogP contribution in [0.5, 0.6) is 0 Å². The Hall–Kier alpha value is -1.31. The van der Waals surface area contributed by atoms with E-state index >= 15 is 0 Å². The van der Waals surface area contributed by atoms with E-state index in [0.717, 1.165) is 4.90 Å². The maximum atomic E-state index is 11.9. The first-order valence-corrected chi connectivity index (χ1v) is 5.46. The Morgan fingerprint density at radius 3 is 2.33 bits per heavy atom. The topological polar surface area (TPSA) is 69.6 Å². The van der Waals surface area contributed by atoms with E-state index in [-0.39, 0.29) is 6.04 Å². The van der Waals surface area contributed by atoms with E-state index in [4.69, 9.17) is 5.11 Å². The van der Waals surface area contributed by atoms with E-state index in [2.05, 4.69) is 0 Å². The number of rotatable bonds is 7. The lowest BCUT2D eigenvalue weighted by Gasteiger charge is -2.27. The quantitative estimate of drug-likeness (QED) is 0.719. The molecule has 0 aromatic rings. The maximum absolute atomic E-state index is 11.9. The van der Waals surface area contributed by atoms with Gasteiger partial charge in [-0.25, -0.2) is 0 Å². The minimum Gasteiger partial charge on any atom is -0.480 e. The number of hydrogen-bond donors (Lipinski definition) is 2. The van der Waals surface area contributed by atoms with Gasteiger partial charge in [0.25, 0.3) is 0 Å². The van der Waals surface area contributed by atoms with Gasteiger partial charge in [-0.05, 0) is 13.3 Å². The number of alkyl halides is 3.